The van der Waals surface area contributed by atoms with Gasteiger partial charge in [-0.3, -0.25) is 5.41 Å². The van der Waals surface area contributed by atoms with Crippen LogP contribution in [-0.4, -0.2) is 25.4 Å². The van der Waals surface area contributed by atoms with E-state index in [1.807, 2.05) is 42.7 Å². The molecule has 0 atom stereocenters. The summed E-state index contributed by atoms with van der Waals surface area (Å²) in [5.41, 5.74) is 3.72. The van der Waals surface area contributed by atoms with Gasteiger partial charge in [0.15, 0.2) is 0 Å². The average Bonchev–Trinajstić information content (AvgIpc) is 3.43. The molecular weight excluding hydrogens is 386 g/mol. The summed E-state index contributed by atoms with van der Waals surface area (Å²) in [5.74, 6) is 1.81. The van der Waals surface area contributed by atoms with E-state index in [0.717, 1.165) is 59.1 Å². The Bertz CT molecular complexity index is 1250. The molecule has 1 fully saturated rings. The molecule has 0 spiro atoms. The van der Waals surface area contributed by atoms with E-state index < -0.39 is 0 Å². The van der Waals surface area contributed by atoms with E-state index in [4.69, 9.17) is 15.7 Å². The molecule has 0 aliphatic heterocycles. The maximum atomic E-state index is 9.06. The Morgan fingerprint density at radius 3 is 2.77 bits per heavy atom. The molecule has 31 heavy (non-hydrogen) atoms. The molecule has 156 valence electrons. The number of hydrogen-bond donors (Lipinski definition) is 3. The van der Waals surface area contributed by atoms with Crippen molar-refractivity contribution in [1.29, 1.82) is 10.7 Å². The number of pyridine rings is 1. The number of H-pyrrole nitrogens is 1. The van der Waals surface area contributed by atoms with Gasteiger partial charge in [0.2, 0.25) is 0 Å². The molecule has 1 saturated carbocycles. The number of benzene rings is 1. The summed E-state index contributed by atoms with van der Waals surface area (Å²) in [5, 5.41) is 21.8. The fraction of sp³-hybridized carbons (Fsp3) is 0.333. The number of nitriles is 1. The Labute approximate surface area is 180 Å². The smallest absolute Gasteiger partial charge is 0.139 e. The monoisotopic (exact) mass is 411 g/mol. The SMILES string of the molecule is N#CC[C@H]1CC[C@H](n2c(CNC(=N)c3ccccc3)nc3cnc4[nH]ccc4c32)CC1. The number of aromatic nitrogens is 4. The van der Waals surface area contributed by atoms with Crippen LogP contribution in [-0.2, 0) is 6.54 Å². The highest BCUT2D eigenvalue weighted by Gasteiger charge is 2.27. The molecule has 7 heteroatoms. The molecule has 0 radical (unpaired) electrons. The van der Waals surface area contributed by atoms with Crippen LogP contribution >= 0.6 is 0 Å². The van der Waals surface area contributed by atoms with Crippen LogP contribution in [0.1, 0.15) is 49.5 Å². The zero-order valence-corrected chi connectivity index (χ0v) is 17.3. The zero-order valence-electron chi connectivity index (χ0n) is 17.3. The van der Waals surface area contributed by atoms with Gasteiger partial charge in [-0.25, -0.2) is 9.97 Å². The predicted molar refractivity (Wildman–Crippen MR) is 121 cm³/mol. The normalized spacial score (nSPS) is 18.8. The quantitative estimate of drug-likeness (QED) is 0.328. The molecule has 3 N–H and O–H groups in total. The van der Waals surface area contributed by atoms with Gasteiger partial charge in [0.1, 0.15) is 22.8 Å². The Morgan fingerprint density at radius 1 is 1.19 bits per heavy atom. The largest absolute Gasteiger partial charge is 0.363 e. The van der Waals surface area contributed by atoms with Gasteiger partial charge in [-0.2, -0.15) is 5.26 Å². The average molecular weight is 412 g/mol. The summed E-state index contributed by atoms with van der Waals surface area (Å²) in [6.45, 7) is 0.479. The second-order valence-corrected chi connectivity index (χ2v) is 8.26. The molecule has 0 bridgehead atoms. The Hall–Kier alpha value is -3.66. The molecule has 1 aromatic carbocycles. The van der Waals surface area contributed by atoms with Crippen molar-refractivity contribution < 1.29 is 0 Å². The lowest BCUT2D eigenvalue weighted by Crippen LogP contribution is -2.26. The van der Waals surface area contributed by atoms with E-state index >= 15 is 0 Å². The lowest BCUT2D eigenvalue weighted by molar-refractivity contribution is 0.277. The van der Waals surface area contributed by atoms with E-state index in [-0.39, 0.29) is 0 Å². The van der Waals surface area contributed by atoms with Gasteiger partial charge < -0.3 is 14.9 Å². The van der Waals surface area contributed by atoms with Crippen molar-refractivity contribution in [1.82, 2.24) is 24.8 Å². The maximum Gasteiger partial charge on any atom is 0.139 e. The van der Waals surface area contributed by atoms with Crippen LogP contribution in [0.5, 0.6) is 0 Å². The van der Waals surface area contributed by atoms with Crippen molar-refractivity contribution in [2.75, 3.05) is 0 Å². The van der Waals surface area contributed by atoms with Gasteiger partial charge >= 0.3 is 0 Å². The van der Waals surface area contributed by atoms with Crippen LogP contribution < -0.4 is 5.32 Å². The lowest BCUT2D eigenvalue weighted by Gasteiger charge is -2.30. The summed E-state index contributed by atoms with van der Waals surface area (Å²) in [4.78, 5) is 12.6. The van der Waals surface area contributed by atoms with Crippen LogP contribution in [0.4, 0.5) is 0 Å². The van der Waals surface area contributed by atoms with Crippen LogP contribution in [0, 0.1) is 22.7 Å². The third-order valence-electron chi connectivity index (χ3n) is 6.35. The Morgan fingerprint density at radius 2 is 2.00 bits per heavy atom. The molecule has 4 aromatic rings. The van der Waals surface area contributed by atoms with Crippen LogP contribution in [0.2, 0.25) is 0 Å². The molecule has 1 aliphatic carbocycles. The minimum absolute atomic E-state index is 0.336. The molecule has 7 nitrogen and oxygen atoms in total. The number of nitrogens with zero attached hydrogens (tertiary/aromatic N) is 4. The molecule has 3 aromatic heterocycles. The topological polar surface area (TPSA) is 106 Å². The number of nitrogens with one attached hydrogen (secondary N) is 3. The van der Waals surface area contributed by atoms with E-state index in [2.05, 4.69) is 32.0 Å². The molecule has 5 rings (SSSR count). The molecule has 3 heterocycles. The van der Waals surface area contributed by atoms with Gasteiger partial charge in [-0.05, 0) is 37.7 Å². The fourth-order valence-corrected chi connectivity index (χ4v) is 4.77. The Balaban J connectivity index is 1.49. The first-order chi connectivity index (χ1) is 15.2. The first kappa shape index (κ1) is 19.3. The summed E-state index contributed by atoms with van der Waals surface area (Å²) >= 11 is 0. The van der Waals surface area contributed by atoms with Crippen LogP contribution in [0.15, 0.2) is 48.8 Å². The minimum atomic E-state index is 0.336. The van der Waals surface area contributed by atoms with Crippen molar-refractivity contribution in [2.24, 2.45) is 5.92 Å². The van der Waals surface area contributed by atoms with Gasteiger partial charge in [0.05, 0.1) is 24.3 Å². The van der Waals surface area contributed by atoms with E-state index in [1.165, 1.54) is 0 Å². The third-order valence-corrected chi connectivity index (χ3v) is 6.35. The van der Waals surface area contributed by atoms with Crippen LogP contribution in [0.3, 0.4) is 0 Å². The Kier molecular flexibility index (Phi) is 5.13. The van der Waals surface area contributed by atoms with E-state index in [0.29, 0.717) is 30.8 Å². The van der Waals surface area contributed by atoms with Crippen molar-refractivity contribution in [3.05, 3.63) is 60.2 Å². The van der Waals surface area contributed by atoms with E-state index in [1.54, 1.807) is 0 Å². The predicted octanol–water partition coefficient (Wildman–Crippen LogP) is 4.67. The maximum absolute atomic E-state index is 9.06. The standard InChI is InChI=1S/C24H25N7/c25-12-10-16-6-8-18(9-7-16)31-21(15-28-23(26)17-4-2-1-3-5-17)30-20-14-29-24-19(22(20)31)11-13-27-24/h1-5,11,13-14,16,18H,6-10,15H2,(H2,26,28)(H,27,29)/t16-,18-. The molecule has 0 saturated heterocycles. The highest BCUT2D eigenvalue weighted by Crippen LogP contribution is 2.37. The number of aromatic amines is 1. The number of fused-ring (bicyclic) bond motifs is 3. The minimum Gasteiger partial charge on any atom is -0.363 e. The number of imidazole rings is 1. The summed E-state index contributed by atoms with van der Waals surface area (Å²) in [6, 6.07) is 14.4. The van der Waals surface area contributed by atoms with Crippen molar-refractivity contribution in [2.45, 2.75) is 44.7 Å². The highest BCUT2D eigenvalue weighted by atomic mass is 15.1. The van der Waals surface area contributed by atoms with E-state index in [9.17, 15) is 0 Å². The first-order valence-corrected chi connectivity index (χ1v) is 10.8. The summed E-state index contributed by atoms with van der Waals surface area (Å²) < 4.78 is 2.36. The van der Waals surface area contributed by atoms with Gasteiger partial charge in [0.25, 0.3) is 0 Å². The number of hydrogen-bond acceptors (Lipinski definition) is 4. The van der Waals surface area contributed by atoms with Gasteiger partial charge in [-0.1, -0.05) is 30.3 Å². The fourth-order valence-electron chi connectivity index (χ4n) is 4.77. The van der Waals surface area contributed by atoms with Crippen molar-refractivity contribution in [3.8, 4) is 6.07 Å². The lowest BCUT2D eigenvalue weighted by atomic mass is 9.84. The number of amidine groups is 1. The van der Waals surface area contributed by atoms with Gasteiger partial charge in [0, 0.05) is 29.6 Å². The van der Waals surface area contributed by atoms with Crippen molar-refractivity contribution in [3.63, 3.8) is 0 Å². The molecular formula is C24H25N7. The second-order valence-electron chi connectivity index (χ2n) is 8.26. The first-order valence-electron chi connectivity index (χ1n) is 10.8. The third kappa shape index (κ3) is 3.66. The molecule has 1 aliphatic rings. The molecule has 0 unspecified atom stereocenters. The van der Waals surface area contributed by atoms with Crippen molar-refractivity contribution >= 4 is 27.9 Å². The van der Waals surface area contributed by atoms with Crippen LogP contribution in [0.25, 0.3) is 22.1 Å². The second kappa shape index (κ2) is 8.23. The summed E-state index contributed by atoms with van der Waals surface area (Å²) in [7, 11) is 0. The molecule has 0 amide bonds. The summed E-state index contributed by atoms with van der Waals surface area (Å²) in [6.07, 6.45) is 8.59. The highest BCUT2D eigenvalue weighted by molar-refractivity contribution is 6.01. The van der Waals surface area contributed by atoms with Gasteiger partial charge in [-0.15, -0.1) is 0 Å². The zero-order chi connectivity index (χ0) is 21.2. The number of rotatable bonds is 5.